The third kappa shape index (κ3) is 3.86. The molecule has 0 radical (unpaired) electrons. The lowest BCUT2D eigenvalue weighted by atomic mass is 9.97. The van der Waals surface area contributed by atoms with Gasteiger partial charge in [-0.15, -0.1) is 0 Å². The van der Waals surface area contributed by atoms with Crippen LogP contribution >= 0.6 is 0 Å². The predicted molar refractivity (Wildman–Crippen MR) is 107 cm³/mol. The average molecular weight is 413 g/mol. The molecule has 3 rings (SSSR count). The van der Waals surface area contributed by atoms with Crippen molar-refractivity contribution < 1.29 is 24.2 Å². The molecule has 0 saturated carbocycles. The lowest BCUT2D eigenvalue weighted by Crippen LogP contribution is -2.25. The molecule has 156 valence electrons. The number of halogens is 1. The molecule has 30 heavy (non-hydrogen) atoms. The summed E-state index contributed by atoms with van der Waals surface area (Å²) in [5.74, 6) is -2.86. The number of benzene rings is 1. The van der Waals surface area contributed by atoms with Crippen LogP contribution in [0.25, 0.3) is 11.0 Å². The zero-order valence-corrected chi connectivity index (χ0v) is 16.6. The second-order valence-corrected chi connectivity index (χ2v) is 7.16. The molecule has 1 aromatic carbocycles. The highest BCUT2D eigenvalue weighted by atomic mass is 19.1. The number of hydrogen-bond donors (Lipinski definition) is 2. The van der Waals surface area contributed by atoms with Crippen LogP contribution in [0.15, 0.2) is 35.3 Å². The molecule has 9 heteroatoms. The molecule has 0 bridgehead atoms. The van der Waals surface area contributed by atoms with Gasteiger partial charge in [-0.2, -0.15) is 0 Å². The Morgan fingerprint density at radius 3 is 2.53 bits per heavy atom. The second-order valence-electron chi connectivity index (χ2n) is 7.16. The lowest BCUT2D eigenvalue weighted by molar-refractivity contribution is -0.127. The van der Waals surface area contributed by atoms with Gasteiger partial charge in [-0.05, 0) is 41.3 Å². The highest BCUT2D eigenvalue weighted by Gasteiger charge is 2.21. The van der Waals surface area contributed by atoms with Crippen LogP contribution in [0.1, 0.15) is 27.0 Å². The molecule has 2 N–H and O–H groups in total. The van der Waals surface area contributed by atoms with Gasteiger partial charge in [-0.3, -0.25) is 14.6 Å². The molecule has 0 aliphatic carbocycles. The van der Waals surface area contributed by atoms with E-state index in [0.29, 0.717) is 23.1 Å². The zero-order valence-electron chi connectivity index (χ0n) is 16.6. The molecule has 3 aromatic rings. The molecule has 0 unspecified atom stereocenters. The molecule has 0 aliphatic rings. The van der Waals surface area contributed by atoms with Crippen LogP contribution in [0.2, 0.25) is 0 Å². The van der Waals surface area contributed by atoms with Crippen molar-refractivity contribution >= 4 is 22.9 Å². The molecule has 1 amide bonds. The third-order valence-corrected chi connectivity index (χ3v) is 4.88. The van der Waals surface area contributed by atoms with Crippen LogP contribution in [0.3, 0.4) is 0 Å². The van der Waals surface area contributed by atoms with E-state index >= 15 is 0 Å². The number of likely N-dealkylation sites (N-methyl/N-ethyl adjacent to an activating group) is 1. The number of nitrogens with zero attached hydrogens (tertiary/aromatic N) is 3. The Morgan fingerprint density at radius 1 is 1.20 bits per heavy atom. The van der Waals surface area contributed by atoms with Crippen molar-refractivity contribution in [1.82, 2.24) is 14.5 Å². The maximum absolute atomic E-state index is 13.7. The number of aromatic nitrogens is 2. The monoisotopic (exact) mass is 413 g/mol. The summed E-state index contributed by atoms with van der Waals surface area (Å²) in [4.78, 5) is 41.2. The summed E-state index contributed by atoms with van der Waals surface area (Å²) in [5.41, 5.74) is 0.535. The first kappa shape index (κ1) is 21.0. The van der Waals surface area contributed by atoms with E-state index in [1.165, 1.54) is 30.3 Å². The van der Waals surface area contributed by atoms with Crippen LogP contribution in [0, 0.1) is 5.82 Å². The fraction of sp³-hybridized carbons (Fsp3) is 0.238. The Bertz CT molecular complexity index is 1230. The number of hydrogen-bond acceptors (Lipinski definition) is 5. The smallest absolute Gasteiger partial charge is 0.345 e. The number of fused-ring (bicyclic) bond motifs is 1. The summed E-state index contributed by atoms with van der Waals surface area (Å²) >= 11 is 0. The summed E-state index contributed by atoms with van der Waals surface area (Å²) in [5, 5.41) is 19.4. The first-order valence-electron chi connectivity index (χ1n) is 9.01. The number of carbonyl (C=O) groups excluding carboxylic acids is 1. The predicted octanol–water partition coefficient (Wildman–Crippen LogP) is 1.70. The maximum atomic E-state index is 13.7. The van der Waals surface area contributed by atoms with Crippen molar-refractivity contribution in [2.75, 3.05) is 14.1 Å². The first-order valence-corrected chi connectivity index (χ1v) is 9.01. The van der Waals surface area contributed by atoms with Crippen molar-refractivity contribution in [2.45, 2.75) is 12.8 Å². The van der Waals surface area contributed by atoms with Gasteiger partial charge in [0.15, 0.2) is 11.3 Å². The van der Waals surface area contributed by atoms with E-state index < -0.39 is 28.7 Å². The lowest BCUT2D eigenvalue weighted by Gasteiger charge is -2.14. The summed E-state index contributed by atoms with van der Waals surface area (Å²) < 4.78 is 14.8. The van der Waals surface area contributed by atoms with E-state index in [1.807, 2.05) is 0 Å². The summed E-state index contributed by atoms with van der Waals surface area (Å²) in [6.45, 7) is 0. The van der Waals surface area contributed by atoms with Gasteiger partial charge in [0, 0.05) is 27.3 Å². The normalized spacial score (nSPS) is 10.9. The van der Waals surface area contributed by atoms with Crippen LogP contribution in [-0.4, -0.2) is 50.6 Å². The standard InChI is InChI=1S/C21H20FN3O5/c1-24(2)16(26)9-13-8-14(22)5-4-12(13)6-11-7-15-18(23-10-11)19(27)17(21(29)30)20(28)25(15)3/h4-5,7-8,10,27H,6,9H2,1-3H3,(H,29,30). The molecule has 2 aromatic heterocycles. The van der Waals surface area contributed by atoms with Crippen molar-refractivity contribution in [3.63, 3.8) is 0 Å². The number of rotatable bonds is 5. The molecule has 0 atom stereocenters. The Labute approximate surface area is 170 Å². The zero-order chi connectivity index (χ0) is 22.2. The van der Waals surface area contributed by atoms with E-state index in [-0.39, 0.29) is 23.4 Å². The highest BCUT2D eigenvalue weighted by molar-refractivity contribution is 5.97. The number of amides is 1. The Morgan fingerprint density at radius 2 is 1.90 bits per heavy atom. The van der Waals surface area contributed by atoms with Crippen LogP contribution in [-0.2, 0) is 24.7 Å². The quantitative estimate of drug-likeness (QED) is 0.658. The summed E-state index contributed by atoms with van der Waals surface area (Å²) in [7, 11) is 4.63. The van der Waals surface area contributed by atoms with Gasteiger partial charge in [0.1, 0.15) is 11.3 Å². The highest BCUT2D eigenvalue weighted by Crippen LogP contribution is 2.26. The maximum Gasteiger partial charge on any atom is 0.345 e. The Hall–Kier alpha value is -3.75. The molecule has 0 spiro atoms. The van der Waals surface area contributed by atoms with Crippen LogP contribution in [0.5, 0.6) is 5.75 Å². The van der Waals surface area contributed by atoms with Gasteiger partial charge in [0.2, 0.25) is 5.91 Å². The van der Waals surface area contributed by atoms with Gasteiger partial charge in [0.25, 0.3) is 5.56 Å². The summed E-state index contributed by atoms with van der Waals surface area (Å²) in [6, 6.07) is 5.80. The van der Waals surface area contributed by atoms with Crippen molar-refractivity contribution in [2.24, 2.45) is 7.05 Å². The van der Waals surface area contributed by atoms with Crippen molar-refractivity contribution in [3.8, 4) is 5.75 Å². The molecule has 2 heterocycles. The van der Waals surface area contributed by atoms with E-state index in [1.54, 1.807) is 26.2 Å². The number of aryl methyl sites for hydroxylation is 1. The topological polar surface area (TPSA) is 113 Å². The molecule has 8 nitrogen and oxygen atoms in total. The number of carbonyl (C=O) groups is 2. The van der Waals surface area contributed by atoms with Crippen molar-refractivity contribution in [1.29, 1.82) is 0 Å². The third-order valence-electron chi connectivity index (χ3n) is 4.88. The van der Waals surface area contributed by atoms with E-state index in [0.717, 1.165) is 4.57 Å². The number of aromatic carboxylic acids is 1. The number of carboxylic acids is 1. The number of carboxylic acid groups (broad SMARTS) is 1. The molecule has 0 saturated heterocycles. The van der Waals surface area contributed by atoms with Gasteiger partial charge >= 0.3 is 5.97 Å². The van der Waals surface area contributed by atoms with Crippen LogP contribution in [0.4, 0.5) is 4.39 Å². The second kappa shape index (κ2) is 7.94. The van der Waals surface area contributed by atoms with E-state index in [9.17, 15) is 29.0 Å². The first-order chi connectivity index (χ1) is 14.1. The van der Waals surface area contributed by atoms with Gasteiger partial charge in [-0.1, -0.05) is 6.07 Å². The molecular formula is C21H20FN3O5. The van der Waals surface area contributed by atoms with Gasteiger partial charge < -0.3 is 19.7 Å². The van der Waals surface area contributed by atoms with Crippen LogP contribution < -0.4 is 5.56 Å². The van der Waals surface area contributed by atoms with Gasteiger partial charge in [0.05, 0.1) is 11.9 Å². The Kier molecular flexibility index (Phi) is 5.55. The fourth-order valence-electron chi connectivity index (χ4n) is 3.19. The van der Waals surface area contributed by atoms with Gasteiger partial charge in [-0.25, -0.2) is 9.18 Å². The molecular weight excluding hydrogens is 393 g/mol. The minimum Gasteiger partial charge on any atom is -0.505 e. The number of pyridine rings is 2. The summed E-state index contributed by atoms with van der Waals surface area (Å²) in [6.07, 6.45) is 1.77. The largest absolute Gasteiger partial charge is 0.505 e. The molecule has 0 aliphatic heterocycles. The Balaban J connectivity index is 2.07. The van der Waals surface area contributed by atoms with Crippen molar-refractivity contribution in [3.05, 3.63) is 68.9 Å². The minimum absolute atomic E-state index is 0.0136. The van der Waals surface area contributed by atoms with E-state index in [2.05, 4.69) is 4.98 Å². The average Bonchev–Trinajstić information content (AvgIpc) is 2.68. The van der Waals surface area contributed by atoms with E-state index in [4.69, 9.17) is 0 Å². The number of aromatic hydroxyl groups is 1. The fourth-order valence-corrected chi connectivity index (χ4v) is 3.19. The SMILES string of the molecule is CN(C)C(=O)Cc1cc(F)ccc1Cc1cnc2c(O)c(C(=O)O)c(=O)n(C)c2c1. The minimum atomic E-state index is -1.54. The molecule has 0 fully saturated rings.